The minimum Gasteiger partial charge on any atom is -0.486 e. The average Bonchev–Trinajstić information content (AvgIpc) is 3.02. The molecule has 0 atom stereocenters. The van der Waals surface area contributed by atoms with E-state index in [0.29, 0.717) is 5.02 Å². The summed E-state index contributed by atoms with van der Waals surface area (Å²) in [5.41, 5.74) is 1.56. The van der Waals surface area contributed by atoms with Crippen molar-refractivity contribution in [3.63, 3.8) is 0 Å². The summed E-state index contributed by atoms with van der Waals surface area (Å²) in [4.78, 5) is 4.26. The fraction of sp³-hybridized carbons (Fsp3) is 0.188. The van der Waals surface area contributed by atoms with Crippen molar-refractivity contribution in [3.05, 3.63) is 64.4 Å². The van der Waals surface area contributed by atoms with Crippen LogP contribution in [0.1, 0.15) is 11.1 Å². The summed E-state index contributed by atoms with van der Waals surface area (Å²) in [6, 6.07) is 12.2. The quantitative estimate of drug-likeness (QED) is 0.939. The normalized spacial score (nSPS) is 13.7. The van der Waals surface area contributed by atoms with E-state index >= 15 is 0 Å². The number of nitrogens with zero attached hydrogens (tertiary/aromatic N) is 1. The standard InChI is InChI=1S/C16H14ClFN2O/c17-13-4-2-1-3-12(13)10-21-15-6-5-11(9-14(15)18)16-19-7-8-20-16/h1-6,9H,7-8,10H2,(H,19,20). The van der Waals surface area contributed by atoms with Crippen molar-refractivity contribution < 1.29 is 9.13 Å². The summed E-state index contributed by atoms with van der Waals surface area (Å²) < 4.78 is 19.6. The Labute approximate surface area is 127 Å². The van der Waals surface area contributed by atoms with Gasteiger partial charge in [0, 0.05) is 22.7 Å². The number of rotatable bonds is 4. The molecule has 0 saturated carbocycles. The molecule has 5 heteroatoms. The Hall–Kier alpha value is -2.07. The third kappa shape index (κ3) is 3.16. The second-order valence-electron chi connectivity index (χ2n) is 4.68. The smallest absolute Gasteiger partial charge is 0.165 e. The Kier molecular flexibility index (Phi) is 4.06. The molecule has 0 aliphatic carbocycles. The van der Waals surface area contributed by atoms with Crippen LogP contribution in [0.4, 0.5) is 4.39 Å². The van der Waals surface area contributed by atoms with Gasteiger partial charge in [-0.3, -0.25) is 4.99 Å². The Morgan fingerprint density at radius 3 is 2.81 bits per heavy atom. The van der Waals surface area contributed by atoms with Crippen molar-refractivity contribution in [2.45, 2.75) is 6.61 Å². The molecule has 3 nitrogen and oxygen atoms in total. The van der Waals surface area contributed by atoms with Gasteiger partial charge in [-0.15, -0.1) is 0 Å². The number of amidine groups is 1. The van der Waals surface area contributed by atoms with Crippen molar-refractivity contribution in [1.82, 2.24) is 5.32 Å². The van der Waals surface area contributed by atoms with Crippen molar-refractivity contribution in [2.24, 2.45) is 4.99 Å². The minimum atomic E-state index is -0.407. The van der Waals surface area contributed by atoms with Crippen molar-refractivity contribution in [2.75, 3.05) is 13.1 Å². The maximum atomic E-state index is 14.1. The van der Waals surface area contributed by atoms with Crippen LogP contribution in [0.5, 0.6) is 5.75 Å². The molecule has 108 valence electrons. The van der Waals surface area contributed by atoms with Gasteiger partial charge in [0.25, 0.3) is 0 Å². The van der Waals surface area contributed by atoms with Gasteiger partial charge in [-0.25, -0.2) is 4.39 Å². The SMILES string of the molecule is Fc1cc(C2=NCCN2)ccc1OCc1ccccc1Cl. The number of benzene rings is 2. The van der Waals surface area contributed by atoms with Gasteiger partial charge in [0.15, 0.2) is 11.6 Å². The molecule has 0 saturated heterocycles. The third-order valence-corrected chi connectivity index (χ3v) is 3.59. The Morgan fingerprint density at radius 1 is 1.24 bits per heavy atom. The van der Waals surface area contributed by atoms with E-state index in [2.05, 4.69) is 10.3 Å². The van der Waals surface area contributed by atoms with Crippen LogP contribution >= 0.6 is 11.6 Å². The Morgan fingerprint density at radius 2 is 2.10 bits per heavy atom. The molecular formula is C16H14ClFN2O. The van der Waals surface area contributed by atoms with E-state index in [9.17, 15) is 4.39 Å². The molecule has 1 heterocycles. The van der Waals surface area contributed by atoms with Gasteiger partial charge >= 0.3 is 0 Å². The lowest BCUT2D eigenvalue weighted by Gasteiger charge is -2.10. The third-order valence-electron chi connectivity index (χ3n) is 3.22. The highest BCUT2D eigenvalue weighted by Gasteiger charge is 2.12. The Bertz CT molecular complexity index is 688. The predicted octanol–water partition coefficient (Wildman–Crippen LogP) is 3.41. The number of hydrogen-bond acceptors (Lipinski definition) is 3. The van der Waals surface area contributed by atoms with Crippen LogP contribution in [0, 0.1) is 5.82 Å². The van der Waals surface area contributed by atoms with E-state index in [1.807, 2.05) is 18.2 Å². The van der Waals surface area contributed by atoms with Crippen LogP contribution in [-0.4, -0.2) is 18.9 Å². The van der Waals surface area contributed by atoms with E-state index in [4.69, 9.17) is 16.3 Å². The van der Waals surface area contributed by atoms with E-state index in [0.717, 1.165) is 30.1 Å². The minimum absolute atomic E-state index is 0.206. The first-order valence-electron chi connectivity index (χ1n) is 6.68. The molecule has 1 aliphatic rings. The molecule has 2 aromatic carbocycles. The molecule has 2 aromatic rings. The molecule has 0 fully saturated rings. The Balaban J connectivity index is 1.73. The van der Waals surface area contributed by atoms with Gasteiger partial charge in [0.2, 0.25) is 0 Å². The maximum Gasteiger partial charge on any atom is 0.165 e. The largest absolute Gasteiger partial charge is 0.486 e. The fourth-order valence-corrected chi connectivity index (χ4v) is 2.32. The topological polar surface area (TPSA) is 33.6 Å². The highest BCUT2D eigenvalue weighted by Crippen LogP contribution is 2.22. The second kappa shape index (κ2) is 6.14. The van der Waals surface area contributed by atoms with Crippen LogP contribution in [0.3, 0.4) is 0 Å². The second-order valence-corrected chi connectivity index (χ2v) is 5.09. The zero-order valence-electron chi connectivity index (χ0n) is 11.3. The summed E-state index contributed by atoms with van der Waals surface area (Å²) in [5.74, 6) is 0.528. The molecule has 3 rings (SSSR count). The number of halogens is 2. The van der Waals surface area contributed by atoms with Crippen LogP contribution in [0.15, 0.2) is 47.5 Å². The number of aliphatic imine (C=N–C) groups is 1. The summed E-state index contributed by atoms with van der Waals surface area (Å²) in [6.45, 7) is 1.75. The zero-order chi connectivity index (χ0) is 14.7. The van der Waals surface area contributed by atoms with Crippen molar-refractivity contribution >= 4 is 17.4 Å². The van der Waals surface area contributed by atoms with Crippen LogP contribution in [0.2, 0.25) is 5.02 Å². The molecule has 0 spiro atoms. The average molecular weight is 305 g/mol. The maximum absolute atomic E-state index is 14.1. The first kappa shape index (κ1) is 13.9. The van der Waals surface area contributed by atoms with Crippen LogP contribution in [-0.2, 0) is 6.61 Å². The summed E-state index contributed by atoms with van der Waals surface area (Å²) in [7, 11) is 0. The molecular weight excluding hydrogens is 291 g/mol. The summed E-state index contributed by atoms with van der Waals surface area (Å²) >= 11 is 6.04. The van der Waals surface area contributed by atoms with Crippen molar-refractivity contribution in [3.8, 4) is 5.75 Å². The predicted molar refractivity (Wildman–Crippen MR) is 81.6 cm³/mol. The van der Waals surface area contributed by atoms with Crippen LogP contribution < -0.4 is 10.1 Å². The van der Waals surface area contributed by atoms with Gasteiger partial charge in [0.05, 0.1) is 6.54 Å². The van der Waals surface area contributed by atoms with Gasteiger partial charge < -0.3 is 10.1 Å². The fourth-order valence-electron chi connectivity index (χ4n) is 2.13. The highest BCUT2D eigenvalue weighted by atomic mass is 35.5. The first-order chi connectivity index (χ1) is 10.2. The van der Waals surface area contributed by atoms with E-state index < -0.39 is 5.82 Å². The number of nitrogens with one attached hydrogen (secondary N) is 1. The monoisotopic (exact) mass is 304 g/mol. The lowest BCUT2D eigenvalue weighted by molar-refractivity contribution is 0.290. The van der Waals surface area contributed by atoms with Gasteiger partial charge in [-0.1, -0.05) is 29.8 Å². The lowest BCUT2D eigenvalue weighted by atomic mass is 10.2. The van der Waals surface area contributed by atoms with E-state index in [1.165, 1.54) is 6.07 Å². The molecule has 1 aliphatic heterocycles. The number of ether oxygens (including phenoxy) is 1. The number of hydrogen-bond donors (Lipinski definition) is 1. The van der Waals surface area contributed by atoms with Gasteiger partial charge in [0.1, 0.15) is 12.4 Å². The highest BCUT2D eigenvalue weighted by molar-refractivity contribution is 6.31. The molecule has 0 amide bonds. The van der Waals surface area contributed by atoms with Crippen LogP contribution in [0.25, 0.3) is 0 Å². The molecule has 0 unspecified atom stereocenters. The van der Waals surface area contributed by atoms with E-state index in [1.54, 1.807) is 18.2 Å². The molecule has 1 N–H and O–H groups in total. The van der Waals surface area contributed by atoms with E-state index in [-0.39, 0.29) is 12.4 Å². The molecule has 21 heavy (non-hydrogen) atoms. The zero-order valence-corrected chi connectivity index (χ0v) is 12.0. The summed E-state index contributed by atoms with van der Waals surface area (Å²) in [5, 5.41) is 3.72. The van der Waals surface area contributed by atoms with Crippen molar-refractivity contribution in [1.29, 1.82) is 0 Å². The molecule has 0 radical (unpaired) electrons. The van der Waals surface area contributed by atoms with Gasteiger partial charge in [-0.2, -0.15) is 0 Å². The first-order valence-corrected chi connectivity index (χ1v) is 7.06. The lowest BCUT2D eigenvalue weighted by Crippen LogP contribution is -2.19. The molecule has 0 aromatic heterocycles. The molecule has 0 bridgehead atoms. The summed E-state index contributed by atoms with van der Waals surface area (Å²) in [6.07, 6.45) is 0. The van der Waals surface area contributed by atoms with Gasteiger partial charge in [-0.05, 0) is 24.3 Å².